The van der Waals surface area contributed by atoms with Gasteiger partial charge in [-0.1, -0.05) is 6.92 Å². The molecule has 20 heavy (non-hydrogen) atoms. The maximum Gasteiger partial charge on any atom is 0.108 e. The molecule has 1 aromatic heterocycles. The number of anilines is 1. The highest BCUT2D eigenvalue weighted by Crippen LogP contribution is 2.15. The molecule has 1 unspecified atom stereocenters. The molecule has 2 rings (SSSR count). The fourth-order valence-electron chi connectivity index (χ4n) is 2.48. The Kier molecular flexibility index (Phi) is 4.98. The maximum atomic E-state index is 5.78. The van der Waals surface area contributed by atoms with Crippen LogP contribution in [0.2, 0.25) is 0 Å². The van der Waals surface area contributed by atoms with Crippen molar-refractivity contribution in [3.05, 3.63) is 24.0 Å². The molecule has 0 radical (unpaired) electrons. The van der Waals surface area contributed by atoms with Gasteiger partial charge in [0.25, 0.3) is 0 Å². The smallest absolute Gasteiger partial charge is 0.108 e. The summed E-state index contributed by atoms with van der Waals surface area (Å²) in [5, 5.41) is 0. The van der Waals surface area contributed by atoms with E-state index in [2.05, 4.69) is 28.7 Å². The summed E-state index contributed by atoms with van der Waals surface area (Å²) in [4.78, 5) is 10.3. The number of rotatable bonds is 7. The van der Waals surface area contributed by atoms with Crippen molar-refractivity contribution < 1.29 is 4.74 Å². The number of fused-ring (bicyclic) bond motifs is 1. The van der Waals surface area contributed by atoms with E-state index in [9.17, 15) is 0 Å². The zero-order valence-corrected chi connectivity index (χ0v) is 12.5. The van der Waals surface area contributed by atoms with Crippen LogP contribution < -0.4 is 5.73 Å². The van der Waals surface area contributed by atoms with Crippen molar-refractivity contribution in [3.8, 4) is 0 Å². The van der Waals surface area contributed by atoms with Crippen LogP contribution in [0.25, 0.3) is 11.0 Å². The number of imidazole rings is 1. The lowest BCUT2D eigenvalue weighted by Crippen LogP contribution is -2.37. The largest absolute Gasteiger partial charge is 0.399 e. The molecule has 1 aromatic carbocycles. The van der Waals surface area contributed by atoms with Gasteiger partial charge >= 0.3 is 0 Å². The van der Waals surface area contributed by atoms with Gasteiger partial charge in [0.15, 0.2) is 0 Å². The third-order valence-corrected chi connectivity index (χ3v) is 3.63. The number of hydrogen-bond acceptors (Lipinski definition) is 4. The summed E-state index contributed by atoms with van der Waals surface area (Å²) in [5.41, 5.74) is 8.52. The number of nitrogen functional groups attached to an aromatic ring is 1. The normalized spacial score (nSPS) is 13.2. The Morgan fingerprint density at radius 3 is 2.95 bits per heavy atom. The van der Waals surface area contributed by atoms with Crippen LogP contribution in [-0.2, 0) is 11.2 Å². The van der Waals surface area contributed by atoms with Crippen LogP contribution >= 0.6 is 0 Å². The van der Waals surface area contributed by atoms with Crippen molar-refractivity contribution in [3.63, 3.8) is 0 Å². The van der Waals surface area contributed by atoms with Gasteiger partial charge in [-0.15, -0.1) is 0 Å². The lowest BCUT2D eigenvalue weighted by atomic mass is 10.2. The molecule has 110 valence electrons. The Hall–Kier alpha value is -1.59. The molecule has 0 aliphatic carbocycles. The first-order chi connectivity index (χ1) is 9.63. The molecular weight excluding hydrogens is 252 g/mol. The van der Waals surface area contributed by atoms with E-state index in [0.717, 1.165) is 48.7 Å². The van der Waals surface area contributed by atoms with Gasteiger partial charge in [0.2, 0.25) is 0 Å². The number of methoxy groups -OCH3 is 1. The summed E-state index contributed by atoms with van der Waals surface area (Å²) >= 11 is 0. The standard InChI is InChI=1S/C15H24N4O/c1-4-19(11(2)10-20-3)8-7-15-17-13-6-5-12(16)9-14(13)18-15/h5-6,9,11H,4,7-8,10,16H2,1-3H3,(H,17,18). The first-order valence-corrected chi connectivity index (χ1v) is 7.11. The van der Waals surface area contributed by atoms with E-state index in [0.29, 0.717) is 6.04 Å². The second-order valence-electron chi connectivity index (χ2n) is 5.14. The SMILES string of the molecule is CCN(CCc1nc2ccc(N)cc2[nH]1)C(C)COC. The van der Waals surface area contributed by atoms with Crippen molar-refractivity contribution in [2.45, 2.75) is 26.3 Å². The second-order valence-corrected chi connectivity index (χ2v) is 5.14. The van der Waals surface area contributed by atoms with Gasteiger partial charge in [0, 0.05) is 31.8 Å². The van der Waals surface area contributed by atoms with Gasteiger partial charge in [-0.05, 0) is 31.7 Å². The predicted octanol–water partition coefficient (Wildman–Crippen LogP) is 2.04. The zero-order chi connectivity index (χ0) is 14.5. The zero-order valence-electron chi connectivity index (χ0n) is 12.5. The topological polar surface area (TPSA) is 67.2 Å². The molecular formula is C15H24N4O. The van der Waals surface area contributed by atoms with Crippen molar-refractivity contribution in [2.24, 2.45) is 0 Å². The van der Waals surface area contributed by atoms with Crippen molar-refractivity contribution in [1.82, 2.24) is 14.9 Å². The van der Waals surface area contributed by atoms with E-state index in [4.69, 9.17) is 10.5 Å². The van der Waals surface area contributed by atoms with Gasteiger partial charge in [0.1, 0.15) is 5.82 Å². The fraction of sp³-hybridized carbons (Fsp3) is 0.533. The van der Waals surface area contributed by atoms with Gasteiger partial charge < -0.3 is 15.5 Å². The number of nitrogens with two attached hydrogens (primary N) is 1. The second kappa shape index (κ2) is 6.72. The summed E-state index contributed by atoms with van der Waals surface area (Å²) < 4.78 is 5.22. The van der Waals surface area contributed by atoms with Crippen LogP contribution in [-0.4, -0.2) is 47.7 Å². The predicted molar refractivity (Wildman–Crippen MR) is 82.8 cm³/mol. The van der Waals surface area contributed by atoms with Crippen LogP contribution in [0.15, 0.2) is 18.2 Å². The van der Waals surface area contributed by atoms with E-state index in [1.54, 1.807) is 7.11 Å². The molecule has 0 aliphatic heterocycles. The van der Waals surface area contributed by atoms with Gasteiger partial charge in [0.05, 0.1) is 17.6 Å². The number of ether oxygens (including phenoxy) is 1. The average Bonchev–Trinajstić information content (AvgIpc) is 2.81. The molecule has 1 atom stereocenters. The highest BCUT2D eigenvalue weighted by atomic mass is 16.5. The minimum atomic E-state index is 0.421. The Bertz CT molecular complexity index is 552. The molecule has 0 spiro atoms. The summed E-state index contributed by atoms with van der Waals surface area (Å²) in [6.45, 7) is 7.09. The molecule has 0 amide bonds. The van der Waals surface area contributed by atoms with Gasteiger partial charge in [-0.25, -0.2) is 4.98 Å². The van der Waals surface area contributed by atoms with Gasteiger partial charge in [-0.3, -0.25) is 4.90 Å². The Balaban J connectivity index is 2.00. The first-order valence-electron chi connectivity index (χ1n) is 7.11. The number of nitrogens with zero attached hydrogens (tertiary/aromatic N) is 2. The van der Waals surface area contributed by atoms with E-state index in [-0.39, 0.29) is 0 Å². The number of likely N-dealkylation sites (N-methyl/N-ethyl adjacent to an activating group) is 1. The summed E-state index contributed by atoms with van der Waals surface area (Å²) in [7, 11) is 1.74. The van der Waals surface area contributed by atoms with Crippen LogP contribution in [0.3, 0.4) is 0 Å². The van der Waals surface area contributed by atoms with E-state index in [1.165, 1.54) is 0 Å². The summed E-state index contributed by atoms with van der Waals surface area (Å²) in [5.74, 6) is 1.01. The van der Waals surface area contributed by atoms with Crippen molar-refractivity contribution >= 4 is 16.7 Å². The number of H-pyrrole nitrogens is 1. The Labute approximate surface area is 120 Å². The van der Waals surface area contributed by atoms with Crippen molar-refractivity contribution in [2.75, 3.05) is 32.5 Å². The average molecular weight is 276 g/mol. The molecule has 1 heterocycles. The molecule has 2 aromatic rings. The van der Waals surface area contributed by atoms with Crippen LogP contribution in [0.4, 0.5) is 5.69 Å². The molecule has 0 bridgehead atoms. The van der Waals surface area contributed by atoms with Crippen LogP contribution in [0.1, 0.15) is 19.7 Å². The maximum absolute atomic E-state index is 5.78. The van der Waals surface area contributed by atoms with Crippen LogP contribution in [0, 0.1) is 0 Å². The highest BCUT2D eigenvalue weighted by Gasteiger charge is 2.12. The molecule has 0 fully saturated rings. The number of nitrogens with one attached hydrogen (secondary N) is 1. The number of aromatic nitrogens is 2. The van der Waals surface area contributed by atoms with Crippen molar-refractivity contribution in [1.29, 1.82) is 0 Å². The molecule has 0 saturated heterocycles. The molecule has 3 N–H and O–H groups in total. The number of benzene rings is 1. The summed E-state index contributed by atoms with van der Waals surface area (Å²) in [6.07, 6.45) is 0.899. The van der Waals surface area contributed by atoms with Gasteiger partial charge in [-0.2, -0.15) is 0 Å². The fourth-order valence-corrected chi connectivity index (χ4v) is 2.48. The van der Waals surface area contributed by atoms with E-state index < -0.39 is 0 Å². The molecule has 0 saturated carbocycles. The third-order valence-electron chi connectivity index (χ3n) is 3.63. The summed E-state index contributed by atoms with van der Waals surface area (Å²) in [6, 6.07) is 6.18. The lowest BCUT2D eigenvalue weighted by Gasteiger charge is -2.26. The Morgan fingerprint density at radius 2 is 2.25 bits per heavy atom. The molecule has 5 heteroatoms. The number of aromatic amines is 1. The minimum Gasteiger partial charge on any atom is -0.399 e. The lowest BCUT2D eigenvalue weighted by molar-refractivity contribution is 0.103. The quantitative estimate of drug-likeness (QED) is 0.759. The van der Waals surface area contributed by atoms with E-state index in [1.807, 2.05) is 18.2 Å². The molecule has 0 aliphatic rings. The van der Waals surface area contributed by atoms with Crippen LogP contribution in [0.5, 0.6) is 0 Å². The van der Waals surface area contributed by atoms with E-state index >= 15 is 0 Å². The highest BCUT2D eigenvalue weighted by molar-refractivity contribution is 5.78. The monoisotopic (exact) mass is 276 g/mol. The third kappa shape index (κ3) is 3.49. The first kappa shape index (κ1) is 14.8. The molecule has 5 nitrogen and oxygen atoms in total. The Morgan fingerprint density at radius 1 is 1.45 bits per heavy atom. The minimum absolute atomic E-state index is 0.421. The number of hydrogen-bond donors (Lipinski definition) is 2.